The van der Waals surface area contributed by atoms with Gasteiger partial charge < -0.3 is 10.2 Å². The fourth-order valence-corrected chi connectivity index (χ4v) is 4.00. The highest BCUT2D eigenvalue weighted by molar-refractivity contribution is 5.79. The first kappa shape index (κ1) is 20.3. The van der Waals surface area contributed by atoms with Gasteiger partial charge in [-0.25, -0.2) is 13.9 Å². The zero-order valence-corrected chi connectivity index (χ0v) is 17.4. The van der Waals surface area contributed by atoms with Gasteiger partial charge in [0.2, 0.25) is 5.91 Å². The zero-order valence-electron chi connectivity index (χ0n) is 17.4. The molecule has 1 saturated heterocycles. The number of benzene rings is 1. The smallest absolute Gasteiger partial charge is 0.223 e. The molecule has 158 valence electrons. The molecule has 4 rings (SSSR count). The van der Waals surface area contributed by atoms with Crippen molar-refractivity contribution in [3.05, 3.63) is 48.5 Å². The van der Waals surface area contributed by atoms with Crippen LogP contribution in [-0.2, 0) is 4.79 Å². The van der Waals surface area contributed by atoms with Crippen LogP contribution >= 0.6 is 0 Å². The van der Waals surface area contributed by atoms with Gasteiger partial charge in [-0.2, -0.15) is 5.10 Å². The van der Waals surface area contributed by atoms with Crippen LogP contribution in [-0.4, -0.2) is 40.1 Å². The third-order valence-corrected chi connectivity index (χ3v) is 5.75. The number of piperidine rings is 1. The number of halogens is 1. The van der Waals surface area contributed by atoms with Crippen LogP contribution in [0.25, 0.3) is 16.8 Å². The van der Waals surface area contributed by atoms with E-state index >= 15 is 0 Å². The van der Waals surface area contributed by atoms with E-state index in [0.29, 0.717) is 0 Å². The fourth-order valence-electron chi connectivity index (χ4n) is 4.00. The van der Waals surface area contributed by atoms with Gasteiger partial charge in [-0.3, -0.25) is 4.79 Å². The van der Waals surface area contributed by atoms with Crippen LogP contribution in [0.5, 0.6) is 0 Å². The van der Waals surface area contributed by atoms with E-state index in [1.807, 2.05) is 16.8 Å². The molecule has 7 heteroatoms. The molecular formula is C23H28FN5O. The maximum atomic E-state index is 13.2. The Kier molecular flexibility index (Phi) is 6.26. The number of anilines is 1. The summed E-state index contributed by atoms with van der Waals surface area (Å²) in [4.78, 5) is 19.2. The lowest BCUT2D eigenvalue weighted by Crippen LogP contribution is -2.41. The SMILES string of the molecule is CCCCCNC(=O)C1CCN(c2nccn3nc(-c4ccc(F)cc4)cc23)CC1. The van der Waals surface area contributed by atoms with Gasteiger partial charge in [0.1, 0.15) is 11.3 Å². The second-order valence-electron chi connectivity index (χ2n) is 7.88. The number of rotatable bonds is 7. The van der Waals surface area contributed by atoms with Crippen molar-refractivity contribution in [1.82, 2.24) is 19.9 Å². The minimum atomic E-state index is -0.262. The monoisotopic (exact) mass is 409 g/mol. The highest BCUT2D eigenvalue weighted by Gasteiger charge is 2.26. The van der Waals surface area contributed by atoms with Gasteiger partial charge in [0.25, 0.3) is 0 Å². The molecular weight excluding hydrogens is 381 g/mol. The highest BCUT2D eigenvalue weighted by atomic mass is 19.1. The van der Waals surface area contributed by atoms with Crippen LogP contribution in [0.1, 0.15) is 39.0 Å². The Morgan fingerprint density at radius 3 is 2.70 bits per heavy atom. The Hall–Kier alpha value is -2.96. The summed E-state index contributed by atoms with van der Waals surface area (Å²) in [5.74, 6) is 0.865. The van der Waals surface area contributed by atoms with E-state index in [4.69, 9.17) is 0 Å². The van der Waals surface area contributed by atoms with E-state index in [-0.39, 0.29) is 17.6 Å². The quantitative estimate of drug-likeness (QED) is 0.598. The topological polar surface area (TPSA) is 62.5 Å². The highest BCUT2D eigenvalue weighted by Crippen LogP contribution is 2.28. The molecule has 0 spiro atoms. The number of nitrogens with one attached hydrogen (secondary N) is 1. The van der Waals surface area contributed by atoms with Crippen LogP contribution in [0.15, 0.2) is 42.7 Å². The number of carbonyl (C=O) groups excluding carboxylic acids is 1. The molecule has 0 aliphatic carbocycles. The normalized spacial score (nSPS) is 14.9. The van der Waals surface area contributed by atoms with Gasteiger partial charge in [0, 0.05) is 43.5 Å². The summed E-state index contributed by atoms with van der Waals surface area (Å²) in [6.45, 7) is 4.51. The summed E-state index contributed by atoms with van der Waals surface area (Å²) < 4.78 is 15.0. The Morgan fingerprint density at radius 1 is 1.20 bits per heavy atom. The van der Waals surface area contributed by atoms with Crippen molar-refractivity contribution in [3.63, 3.8) is 0 Å². The predicted molar refractivity (Wildman–Crippen MR) is 116 cm³/mol. The lowest BCUT2D eigenvalue weighted by atomic mass is 9.96. The van der Waals surface area contributed by atoms with E-state index < -0.39 is 0 Å². The lowest BCUT2D eigenvalue weighted by Gasteiger charge is -2.32. The summed E-state index contributed by atoms with van der Waals surface area (Å²) in [7, 11) is 0. The van der Waals surface area contributed by atoms with Crippen LogP contribution in [0.2, 0.25) is 0 Å². The third-order valence-electron chi connectivity index (χ3n) is 5.75. The van der Waals surface area contributed by atoms with Crippen molar-refractivity contribution in [2.24, 2.45) is 5.92 Å². The van der Waals surface area contributed by atoms with Crippen LogP contribution in [0.3, 0.4) is 0 Å². The molecule has 3 aromatic rings. The Morgan fingerprint density at radius 2 is 1.97 bits per heavy atom. The summed E-state index contributed by atoms with van der Waals surface area (Å²) >= 11 is 0. The molecule has 1 amide bonds. The van der Waals surface area contributed by atoms with Crippen molar-refractivity contribution < 1.29 is 9.18 Å². The van der Waals surface area contributed by atoms with Crippen molar-refractivity contribution in [2.75, 3.05) is 24.5 Å². The number of carbonyl (C=O) groups is 1. The summed E-state index contributed by atoms with van der Waals surface area (Å²) in [6.07, 6.45) is 8.57. The fraction of sp³-hybridized carbons (Fsp3) is 0.435. The average Bonchev–Trinajstić information content (AvgIpc) is 3.21. The van der Waals surface area contributed by atoms with Gasteiger partial charge in [0.05, 0.1) is 5.69 Å². The Bertz CT molecular complexity index is 993. The molecule has 0 bridgehead atoms. The molecule has 0 saturated carbocycles. The molecule has 3 heterocycles. The molecule has 0 unspecified atom stereocenters. The molecule has 1 N–H and O–H groups in total. The second kappa shape index (κ2) is 9.24. The van der Waals surface area contributed by atoms with Crippen molar-refractivity contribution in [2.45, 2.75) is 39.0 Å². The largest absolute Gasteiger partial charge is 0.356 e. The zero-order chi connectivity index (χ0) is 20.9. The maximum absolute atomic E-state index is 13.2. The standard InChI is InChI=1S/C23H28FN5O/c1-2-3-4-11-26-23(30)18-9-13-28(14-10-18)22-21-16-20(27-29(21)15-12-25-22)17-5-7-19(24)8-6-17/h5-8,12,15-16,18H,2-4,9-11,13-14H2,1H3,(H,26,30). The van der Waals surface area contributed by atoms with E-state index in [0.717, 1.165) is 74.3 Å². The molecule has 1 aromatic carbocycles. The summed E-state index contributed by atoms with van der Waals surface area (Å²) in [6, 6.07) is 8.33. The number of unbranched alkanes of at least 4 members (excludes halogenated alkanes) is 2. The number of hydrogen-bond acceptors (Lipinski definition) is 4. The van der Waals surface area contributed by atoms with Crippen molar-refractivity contribution >= 4 is 17.2 Å². The van der Waals surface area contributed by atoms with Gasteiger partial charge >= 0.3 is 0 Å². The van der Waals surface area contributed by atoms with Crippen molar-refractivity contribution in [1.29, 1.82) is 0 Å². The average molecular weight is 410 g/mol. The van der Waals surface area contributed by atoms with E-state index in [1.165, 1.54) is 12.1 Å². The molecule has 0 radical (unpaired) electrons. The van der Waals surface area contributed by atoms with Gasteiger partial charge in [0.15, 0.2) is 5.82 Å². The first-order valence-electron chi connectivity index (χ1n) is 10.8. The molecule has 30 heavy (non-hydrogen) atoms. The number of hydrogen-bond donors (Lipinski definition) is 1. The van der Waals surface area contributed by atoms with Crippen LogP contribution in [0, 0.1) is 11.7 Å². The Labute approximate surface area is 176 Å². The Balaban J connectivity index is 1.44. The molecule has 1 fully saturated rings. The first-order valence-corrected chi connectivity index (χ1v) is 10.8. The minimum Gasteiger partial charge on any atom is -0.356 e. The second-order valence-corrected chi connectivity index (χ2v) is 7.88. The number of amides is 1. The van der Waals surface area contributed by atoms with Gasteiger partial charge in [-0.15, -0.1) is 0 Å². The molecule has 6 nitrogen and oxygen atoms in total. The van der Waals surface area contributed by atoms with Gasteiger partial charge in [-0.1, -0.05) is 19.8 Å². The molecule has 1 aliphatic rings. The van der Waals surface area contributed by atoms with Crippen molar-refractivity contribution in [3.8, 4) is 11.3 Å². The minimum absolute atomic E-state index is 0.0716. The first-order chi connectivity index (χ1) is 14.7. The molecule has 2 aromatic heterocycles. The van der Waals surface area contributed by atoms with E-state index in [1.54, 1.807) is 18.3 Å². The number of aromatic nitrogens is 3. The maximum Gasteiger partial charge on any atom is 0.223 e. The lowest BCUT2D eigenvalue weighted by molar-refractivity contribution is -0.125. The van der Waals surface area contributed by atoms with Crippen LogP contribution in [0.4, 0.5) is 10.2 Å². The number of fused-ring (bicyclic) bond motifs is 1. The van der Waals surface area contributed by atoms with Gasteiger partial charge in [-0.05, 0) is 49.6 Å². The number of nitrogens with zero attached hydrogens (tertiary/aromatic N) is 4. The summed E-state index contributed by atoms with van der Waals surface area (Å²) in [5.41, 5.74) is 2.56. The third kappa shape index (κ3) is 4.45. The summed E-state index contributed by atoms with van der Waals surface area (Å²) in [5, 5.41) is 7.71. The predicted octanol–water partition coefficient (Wildman–Crippen LogP) is 4.06. The van der Waals surface area contributed by atoms with E-state index in [9.17, 15) is 9.18 Å². The molecule has 0 atom stereocenters. The molecule has 1 aliphatic heterocycles. The van der Waals surface area contributed by atoms with E-state index in [2.05, 4.69) is 27.2 Å². The van der Waals surface area contributed by atoms with Crippen LogP contribution < -0.4 is 10.2 Å².